The van der Waals surface area contributed by atoms with Gasteiger partial charge in [-0.1, -0.05) is 11.6 Å². The Hall–Kier alpha value is -2.49. The van der Waals surface area contributed by atoms with Gasteiger partial charge in [-0.05, 0) is 37.3 Å². The average Bonchev–Trinajstić information content (AvgIpc) is 2.96. The van der Waals surface area contributed by atoms with E-state index in [1.165, 1.54) is 30.5 Å². The number of aromatic nitrogens is 2. The van der Waals surface area contributed by atoms with Gasteiger partial charge in [0.1, 0.15) is 4.90 Å². The zero-order valence-corrected chi connectivity index (χ0v) is 15.6. The van der Waals surface area contributed by atoms with Crippen LogP contribution in [-0.4, -0.2) is 24.6 Å². The van der Waals surface area contributed by atoms with Crippen molar-refractivity contribution in [1.82, 2.24) is 9.55 Å². The maximum atomic E-state index is 14.6. The Labute approximate surface area is 158 Å². The summed E-state index contributed by atoms with van der Waals surface area (Å²) in [7, 11) is -4.11. The van der Waals surface area contributed by atoms with Crippen LogP contribution in [0.4, 0.5) is 8.78 Å². The van der Waals surface area contributed by atoms with E-state index < -0.39 is 27.6 Å². The summed E-state index contributed by atoms with van der Waals surface area (Å²) in [5.74, 6) is -2.25. The molecule has 0 atom stereocenters. The number of ether oxygens (including phenoxy) is 1. The van der Waals surface area contributed by atoms with Gasteiger partial charge in [-0.2, -0.15) is 9.37 Å². The number of fused-ring (bicyclic) bond motifs is 1. The Bertz CT molecular complexity index is 1160. The van der Waals surface area contributed by atoms with Crippen LogP contribution in [-0.2, 0) is 14.8 Å². The Morgan fingerprint density at radius 3 is 2.74 bits per heavy atom. The van der Waals surface area contributed by atoms with Crippen LogP contribution in [0.5, 0.6) is 0 Å². The molecule has 0 saturated heterocycles. The Morgan fingerprint density at radius 2 is 2.07 bits per heavy atom. The molecule has 0 spiro atoms. The molecule has 0 aliphatic rings. The number of pyridine rings is 1. The van der Waals surface area contributed by atoms with Crippen molar-refractivity contribution in [3.05, 3.63) is 59.1 Å². The van der Waals surface area contributed by atoms with Crippen LogP contribution >= 0.6 is 11.6 Å². The molecule has 0 bridgehead atoms. The standard InChI is InChI=1S/C17H14ClF2N3O3S/c1-2-26-6-5-10-7-13(19)17(22-16(10)20)23-9-15(27(21,24)25)12-4-3-11(18)8-14(12)23/h3-9H,2H2,1H3,(H2,21,24,25)/b6-5+. The lowest BCUT2D eigenvalue weighted by atomic mass is 10.2. The third-order valence-electron chi connectivity index (χ3n) is 3.71. The van der Waals surface area contributed by atoms with E-state index in [0.29, 0.717) is 6.61 Å². The van der Waals surface area contributed by atoms with Crippen LogP contribution in [0.15, 0.2) is 41.6 Å². The van der Waals surface area contributed by atoms with Crippen LogP contribution in [0, 0.1) is 11.8 Å². The monoisotopic (exact) mass is 413 g/mol. The van der Waals surface area contributed by atoms with Crippen molar-refractivity contribution in [3.63, 3.8) is 0 Å². The van der Waals surface area contributed by atoms with Gasteiger partial charge < -0.3 is 4.74 Å². The van der Waals surface area contributed by atoms with Gasteiger partial charge in [-0.3, -0.25) is 4.57 Å². The van der Waals surface area contributed by atoms with Crippen molar-refractivity contribution in [1.29, 1.82) is 0 Å². The van der Waals surface area contributed by atoms with Crippen molar-refractivity contribution in [2.75, 3.05) is 6.61 Å². The van der Waals surface area contributed by atoms with Crippen molar-refractivity contribution in [2.45, 2.75) is 11.8 Å². The van der Waals surface area contributed by atoms with E-state index in [2.05, 4.69) is 4.98 Å². The number of nitrogens with zero attached hydrogens (tertiary/aromatic N) is 2. The molecule has 2 heterocycles. The molecule has 142 valence electrons. The molecule has 2 N–H and O–H groups in total. The van der Waals surface area contributed by atoms with E-state index >= 15 is 0 Å². The molecular weight excluding hydrogens is 400 g/mol. The molecule has 0 aliphatic heterocycles. The summed E-state index contributed by atoms with van der Waals surface area (Å²) in [4.78, 5) is 3.38. The van der Waals surface area contributed by atoms with Crippen LogP contribution < -0.4 is 5.14 Å². The van der Waals surface area contributed by atoms with Gasteiger partial charge in [-0.25, -0.2) is 17.9 Å². The maximum absolute atomic E-state index is 14.6. The molecule has 27 heavy (non-hydrogen) atoms. The van der Waals surface area contributed by atoms with Crippen LogP contribution in [0.25, 0.3) is 22.8 Å². The van der Waals surface area contributed by atoms with Gasteiger partial charge in [0.15, 0.2) is 11.6 Å². The number of nitrogens with two attached hydrogens (primary N) is 1. The largest absolute Gasteiger partial charge is 0.501 e. The van der Waals surface area contributed by atoms with E-state index in [1.807, 2.05) is 0 Å². The maximum Gasteiger partial charge on any atom is 0.240 e. The zero-order chi connectivity index (χ0) is 19.8. The van der Waals surface area contributed by atoms with E-state index in [0.717, 1.165) is 16.8 Å². The van der Waals surface area contributed by atoms with E-state index in [1.54, 1.807) is 6.92 Å². The van der Waals surface area contributed by atoms with Gasteiger partial charge in [0.2, 0.25) is 16.0 Å². The van der Waals surface area contributed by atoms with Gasteiger partial charge in [0.05, 0.1) is 18.4 Å². The fourth-order valence-corrected chi connectivity index (χ4v) is 3.44. The normalized spacial score (nSPS) is 12.2. The second kappa shape index (κ2) is 7.26. The van der Waals surface area contributed by atoms with Crippen molar-refractivity contribution in [2.24, 2.45) is 5.14 Å². The first kappa shape index (κ1) is 19.3. The number of rotatable bonds is 5. The number of halogens is 3. The van der Waals surface area contributed by atoms with Crippen LogP contribution in [0.2, 0.25) is 5.02 Å². The predicted octanol–water partition coefficient (Wildman–Crippen LogP) is 3.61. The van der Waals surface area contributed by atoms with Crippen molar-refractivity contribution < 1.29 is 21.9 Å². The molecule has 0 fully saturated rings. The number of primary sulfonamides is 1. The van der Waals surface area contributed by atoms with E-state index in [4.69, 9.17) is 21.5 Å². The number of benzene rings is 1. The molecule has 0 aliphatic carbocycles. The topological polar surface area (TPSA) is 87.2 Å². The molecule has 2 aromatic heterocycles. The summed E-state index contributed by atoms with van der Waals surface area (Å²) in [6.45, 7) is 2.12. The Kier molecular flexibility index (Phi) is 5.18. The summed E-state index contributed by atoms with van der Waals surface area (Å²) in [5.41, 5.74) is 0.0980. The fourth-order valence-electron chi connectivity index (χ4n) is 2.55. The van der Waals surface area contributed by atoms with E-state index in [9.17, 15) is 17.2 Å². The van der Waals surface area contributed by atoms with Gasteiger partial charge >= 0.3 is 0 Å². The minimum Gasteiger partial charge on any atom is -0.501 e. The van der Waals surface area contributed by atoms with Crippen LogP contribution in [0.3, 0.4) is 0 Å². The molecule has 3 rings (SSSR count). The van der Waals surface area contributed by atoms with Crippen LogP contribution in [0.1, 0.15) is 12.5 Å². The highest BCUT2D eigenvalue weighted by Crippen LogP contribution is 2.30. The first-order valence-corrected chi connectivity index (χ1v) is 9.62. The molecule has 10 heteroatoms. The molecule has 1 aromatic carbocycles. The lowest BCUT2D eigenvalue weighted by molar-refractivity contribution is 0.272. The molecule has 0 saturated carbocycles. The molecular formula is C17H14ClF2N3O3S. The average molecular weight is 414 g/mol. The number of hydrogen-bond acceptors (Lipinski definition) is 4. The highest BCUT2D eigenvalue weighted by atomic mass is 35.5. The summed E-state index contributed by atoms with van der Waals surface area (Å²) in [5, 5.41) is 5.72. The quantitative estimate of drug-likeness (QED) is 0.511. The summed E-state index contributed by atoms with van der Waals surface area (Å²) >= 11 is 5.96. The van der Waals surface area contributed by atoms with Gasteiger partial charge in [0, 0.05) is 22.2 Å². The molecule has 0 unspecified atom stereocenters. The highest BCUT2D eigenvalue weighted by molar-refractivity contribution is 7.89. The second-order valence-corrected chi connectivity index (χ2v) is 7.47. The molecule has 3 aromatic rings. The SMILES string of the molecule is CCO/C=C/c1cc(F)c(-n2cc(S(N)(=O)=O)c3ccc(Cl)cc32)nc1F. The lowest BCUT2D eigenvalue weighted by Crippen LogP contribution is -2.11. The lowest BCUT2D eigenvalue weighted by Gasteiger charge is -2.08. The molecule has 6 nitrogen and oxygen atoms in total. The molecule has 0 amide bonds. The Balaban J connectivity index is 2.24. The van der Waals surface area contributed by atoms with Gasteiger partial charge in [0.25, 0.3) is 0 Å². The summed E-state index contributed by atoms with van der Waals surface area (Å²) in [6, 6.07) is 5.24. The second-order valence-electron chi connectivity index (χ2n) is 5.50. The summed E-state index contributed by atoms with van der Waals surface area (Å²) in [6.07, 6.45) is 3.54. The zero-order valence-electron chi connectivity index (χ0n) is 14.0. The van der Waals surface area contributed by atoms with Crippen molar-refractivity contribution >= 4 is 38.6 Å². The van der Waals surface area contributed by atoms with E-state index in [-0.39, 0.29) is 26.4 Å². The first-order valence-electron chi connectivity index (χ1n) is 7.70. The number of hydrogen-bond donors (Lipinski definition) is 1. The third kappa shape index (κ3) is 3.80. The Morgan fingerprint density at radius 1 is 1.33 bits per heavy atom. The van der Waals surface area contributed by atoms with Gasteiger partial charge in [-0.15, -0.1) is 0 Å². The smallest absolute Gasteiger partial charge is 0.240 e. The van der Waals surface area contributed by atoms with Crippen molar-refractivity contribution in [3.8, 4) is 5.82 Å². The summed E-state index contributed by atoms with van der Waals surface area (Å²) < 4.78 is 58.7. The predicted molar refractivity (Wildman–Crippen MR) is 98.0 cm³/mol. The fraction of sp³-hybridized carbons (Fsp3) is 0.118. The highest BCUT2D eigenvalue weighted by Gasteiger charge is 2.21. The first-order chi connectivity index (χ1) is 12.7. The molecule has 0 radical (unpaired) electrons. The minimum absolute atomic E-state index is 0.120. The third-order valence-corrected chi connectivity index (χ3v) is 4.89. The number of sulfonamides is 1. The minimum atomic E-state index is -4.11.